The molecule has 0 aromatic heterocycles. The van der Waals surface area contributed by atoms with E-state index in [1.165, 1.54) is 0 Å². The van der Waals surface area contributed by atoms with E-state index in [-0.39, 0.29) is 0 Å². The smallest absolute Gasteiger partial charge is 0.0713 e. The van der Waals surface area contributed by atoms with E-state index >= 15 is 0 Å². The predicted octanol–water partition coefficient (Wildman–Crippen LogP) is -1.47. The van der Waals surface area contributed by atoms with Gasteiger partial charge in [-0.1, -0.05) is 0 Å². The third kappa shape index (κ3) is 17.0. The van der Waals surface area contributed by atoms with Crippen LogP contribution in [0.25, 0.3) is 0 Å². The van der Waals surface area contributed by atoms with Gasteiger partial charge in [0.2, 0.25) is 0 Å². The minimum atomic E-state index is -0.681. The largest absolute Gasteiger partial charge is 0.389 e. The van der Waals surface area contributed by atoms with Gasteiger partial charge in [0.05, 0.1) is 5.60 Å². The van der Waals surface area contributed by atoms with Crippen LogP contribution in [0.15, 0.2) is 0 Å². The van der Waals surface area contributed by atoms with Gasteiger partial charge in [0, 0.05) is 6.54 Å². The maximum atomic E-state index is 8.70. The second kappa shape index (κ2) is 4.99. The fourth-order valence-electron chi connectivity index (χ4n) is 0. The van der Waals surface area contributed by atoms with Crippen molar-refractivity contribution in [1.82, 2.24) is 0 Å². The Kier molecular flexibility index (Phi) is 6.70. The molecule has 7 N–H and O–H groups in total. The zero-order valence-corrected chi connectivity index (χ0v) is 5.39. The summed E-state index contributed by atoms with van der Waals surface area (Å²) in [6.07, 6.45) is 0. The van der Waals surface area contributed by atoms with E-state index in [1.807, 2.05) is 0 Å². The van der Waals surface area contributed by atoms with E-state index in [0.29, 0.717) is 6.54 Å². The van der Waals surface area contributed by atoms with Crippen molar-refractivity contribution in [3.8, 4) is 0 Å². The summed E-state index contributed by atoms with van der Waals surface area (Å²) in [6.45, 7) is 3.67. The summed E-state index contributed by atoms with van der Waals surface area (Å²) < 4.78 is 0. The van der Waals surface area contributed by atoms with Gasteiger partial charge in [0.1, 0.15) is 0 Å². The van der Waals surface area contributed by atoms with Crippen molar-refractivity contribution in [3.63, 3.8) is 0 Å². The zero-order valence-electron chi connectivity index (χ0n) is 5.39. The lowest BCUT2D eigenvalue weighted by molar-refractivity contribution is 0.0898. The van der Waals surface area contributed by atoms with Crippen LogP contribution < -0.4 is 17.4 Å². The van der Waals surface area contributed by atoms with Crippen LogP contribution in [0.4, 0.5) is 0 Å². The van der Waals surface area contributed by atoms with Crippen molar-refractivity contribution in [2.24, 2.45) is 17.4 Å². The number of aliphatic hydroxyl groups is 1. The molecule has 8 heavy (non-hydrogen) atoms. The normalized spacial score (nSPS) is 9.75. The van der Waals surface area contributed by atoms with Gasteiger partial charge in [0.15, 0.2) is 0 Å². The van der Waals surface area contributed by atoms with Crippen LogP contribution in [0, 0.1) is 0 Å². The van der Waals surface area contributed by atoms with Crippen LogP contribution in [0.3, 0.4) is 0 Å². The first-order valence-corrected chi connectivity index (χ1v) is 2.32. The van der Waals surface area contributed by atoms with Gasteiger partial charge in [-0.2, -0.15) is 0 Å². The lowest BCUT2D eigenvalue weighted by Gasteiger charge is -2.11. The van der Waals surface area contributed by atoms with Gasteiger partial charge in [-0.05, 0) is 13.8 Å². The quantitative estimate of drug-likeness (QED) is 0.251. The first-order valence-electron chi connectivity index (χ1n) is 2.32. The van der Waals surface area contributed by atoms with Gasteiger partial charge in [-0.15, -0.1) is 0 Å². The van der Waals surface area contributed by atoms with Gasteiger partial charge < -0.3 is 10.8 Å². The molecule has 0 aliphatic rings. The molecule has 0 saturated heterocycles. The van der Waals surface area contributed by atoms with Crippen LogP contribution >= 0.6 is 0 Å². The topological polar surface area (TPSA) is 98.3 Å². The molecule has 0 spiro atoms. The van der Waals surface area contributed by atoms with Crippen molar-refractivity contribution >= 4 is 0 Å². The Morgan fingerprint density at radius 1 is 1.38 bits per heavy atom. The van der Waals surface area contributed by atoms with E-state index in [0.717, 1.165) is 0 Å². The van der Waals surface area contributed by atoms with Crippen LogP contribution in [0.1, 0.15) is 13.8 Å². The highest BCUT2D eigenvalue weighted by Crippen LogP contribution is 1.93. The minimum Gasteiger partial charge on any atom is -0.389 e. The molecule has 0 bridgehead atoms. The Bertz CT molecular complexity index is 41.0. The number of nitrogens with two attached hydrogens (primary N) is 3. The molecule has 4 nitrogen and oxygen atoms in total. The maximum absolute atomic E-state index is 8.70. The second-order valence-corrected chi connectivity index (χ2v) is 2.02. The lowest BCUT2D eigenvalue weighted by atomic mass is 10.1. The Morgan fingerprint density at radius 3 is 1.50 bits per heavy atom. The number of hydrogen-bond donors (Lipinski definition) is 4. The molecule has 0 atom stereocenters. The first kappa shape index (κ1) is 10.8. The van der Waals surface area contributed by atoms with Crippen molar-refractivity contribution in [1.29, 1.82) is 0 Å². The van der Waals surface area contributed by atoms with Crippen LogP contribution in [-0.4, -0.2) is 17.3 Å². The fraction of sp³-hybridized carbons (Fsp3) is 1.00. The molecule has 0 aromatic rings. The zero-order chi connectivity index (χ0) is 7.21. The highest BCUT2D eigenvalue weighted by atomic mass is 16.3. The Balaban J connectivity index is 0. The molecule has 0 aliphatic carbocycles. The molecule has 0 radical (unpaired) electrons. The molecule has 0 fully saturated rings. The highest BCUT2D eigenvalue weighted by molar-refractivity contribution is 4.63. The van der Waals surface area contributed by atoms with Gasteiger partial charge >= 0.3 is 0 Å². The van der Waals surface area contributed by atoms with Crippen LogP contribution in [0.2, 0.25) is 0 Å². The highest BCUT2D eigenvalue weighted by Gasteiger charge is 2.06. The van der Waals surface area contributed by atoms with Gasteiger partial charge in [-0.3, -0.25) is 11.7 Å². The van der Waals surface area contributed by atoms with Crippen molar-refractivity contribution in [2.45, 2.75) is 19.4 Å². The SMILES string of the molecule is CC(C)(O)CN.NN. The molecule has 52 valence electrons. The first-order chi connectivity index (χ1) is 3.56. The summed E-state index contributed by atoms with van der Waals surface area (Å²) in [5.74, 6) is 8.00. The Morgan fingerprint density at radius 2 is 1.50 bits per heavy atom. The number of rotatable bonds is 1. The van der Waals surface area contributed by atoms with Crippen molar-refractivity contribution in [3.05, 3.63) is 0 Å². The van der Waals surface area contributed by atoms with Crippen LogP contribution in [-0.2, 0) is 0 Å². The maximum Gasteiger partial charge on any atom is 0.0713 e. The molecular weight excluding hydrogens is 106 g/mol. The molecule has 0 aromatic carbocycles. The van der Waals surface area contributed by atoms with E-state index < -0.39 is 5.60 Å². The summed E-state index contributed by atoms with van der Waals surface area (Å²) in [5.41, 5.74) is 4.38. The standard InChI is InChI=1S/C4H11NO.H4N2/c1-4(2,6)3-5;1-2/h6H,3,5H2,1-2H3;1-2H2. The van der Waals surface area contributed by atoms with Gasteiger partial charge in [-0.25, -0.2) is 0 Å². The molecule has 0 saturated carbocycles. The summed E-state index contributed by atoms with van der Waals surface area (Å²) in [7, 11) is 0. The van der Waals surface area contributed by atoms with E-state index in [4.69, 9.17) is 10.8 Å². The summed E-state index contributed by atoms with van der Waals surface area (Å²) >= 11 is 0. The average Bonchev–Trinajstić information content (AvgIpc) is 1.71. The average molecular weight is 121 g/mol. The predicted molar refractivity (Wildman–Crippen MR) is 33.7 cm³/mol. The summed E-state index contributed by atoms with van der Waals surface area (Å²) in [6, 6.07) is 0. The molecule has 0 amide bonds. The van der Waals surface area contributed by atoms with Crippen LogP contribution in [0.5, 0.6) is 0 Å². The van der Waals surface area contributed by atoms with Gasteiger partial charge in [0.25, 0.3) is 0 Å². The van der Waals surface area contributed by atoms with E-state index in [2.05, 4.69) is 11.7 Å². The fourth-order valence-corrected chi connectivity index (χ4v) is 0. The summed E-state index contributed by atoms with van der Waals surface area (Å²) in [5, 5.41) is 8.70. The molecule has 4 heteroatoms. The third-order valence-corrected chi connectivity index (χ3v) is 0.500. The van der Waals surface area contributed by atoms with Crippen molar-refractivity contribution < 1.29 is 5.11 Å². The number of hydrazine groups is 1. The van der Waals surface area contributed by atoms with E-state index in [1.54, 1.807) is 13.8 Å². The molecular formula is C4H15N3O. The third-order valence-electron chi connectivity index (χ3n) is 0.500. The molecule has 0 aliphatic heterocycles. The summed E-state index contributed by atoms with van der Waals surface area (Å²) in [4.78, 5) is 0. The Labute approximate surface area is 49.6 Å². The second-order valence-electron chi connectivity index (χ2n) is 2.02. The number of hydrogen-bond acceptors (Lipinski definition) is 4. The monoisotopic (exact) mass is 121 g/mol. The van der Waals surface area contributed by atoms with E-state index in [9.17, 15) is 0 Å². The lowest BCUT2D eigenvalue weighted by Crippen LogP contribution is -2.29. The molecule has 0 heterocycles. The molecule has 0 unspecified atom stereocenters. The molecule has 0 rings (SSSR count). The van der Waals surface area contributed by atoms with Crippen molar-refractivity contribution in [2.75, 3.05) is 6.54 Å². The minimum absolute atomic E-state index is 0.326. The Hall–Kier alpha value is -0.160.